The SMILES string of the molecule is CN(C(=O)c1cccc(-n2nc(C(F)(F)F)c3c2C(=O)CCC3)c1)c1cnc2c(c1)CCC2. The van der Waals surface area contributed by atoms with E-state index in [1.807, 2.05) is 6.07 Å². The molecule has 0 spiro atoms. The minimum absolute atomic E-state index is 0.0469. The first-order valence-electron chi connectivity index (χ1n) is 10.8. The predicted molar refractivity (Wildman–Crippen MR) is 115 cm³/mol. The first-order valence-corrected chi connectivity index (χ1v) is 10.8. The highest BCUT2D eigenvalue weighted by Crippen LogP contribution is 2.37. The van der Waals surface area contributed by atoms with Crippen LogP contribution in [0.15, 0.2) is 36.5 Å². The van der Waals surface area contributed by atoms with Crippen LogP contribution >= 0.6 is 0 Å². The van der Waals surface area contributed by atoms with Crippen LogP contribution in [0.2, 0.25) is 0 Å². The van der Waals surface area contributed by atoms with Crippen LogP contribution in [0.25, 0.3) is 5.69 Å². The fourth-order valence-electron chi connectivity index (χ4n) is 4.61. The smallest absolute Gasteiger partial charge is 0.310 e. The molecule has 9 heteroatoms. The van der Waals surface area contributed by atoms with Gasteiger partial charge in [0.25, 0.3) is 5.91 Å². The number of halogens is 3. The molecule has 0 saturated heterocycles. The van der Waals surface area contributed by atoms with E-state index < -0.39 is 11.9 Å². The number of aromatic nitrogens is 3. The minimum Gasteiger partial charge on any atom is -0.310 e. The number of anilines is 1. The molecule has 6 nitrogen and oxygen atoms in total. The monoisotopic (exact) mass is 454 g/mol. The summed E-state index contributed by atoms with van der Waals surface area (Å²) in [5.74, 6) is -0.711. The predicted octanol–water partition coefficient (Wildman–Crippen LogP) is 4.57. The molecule has 0 bridgehead atoms. The average molecular weight is 454 g/mol. The first kappa shape index (κ1) is 21.4. The third-order valence-electron chi connectivity index (χ3n) is 6.28. The van der Waals surface area contributed by atoms with Gasteiger partial charge in [-0.15, -0.1) is 0 Å². The first-order chi connectivity index (χ1) is 15.7. The summed E-state index contributed by atoms with van der Waals surface area (Å²) in [6.45, 7) is 0. The topological polar surface area (TPSA) is 68.1 Å². The van der Waals surface area contributed by atoms with Gasteiger partial charge >= 0.3 is 6.18 Å². The van der Waals surface area contributed by atoms with Crippen molar-refractivity contribution >= 4 is 17.4 Å². The molecule has 2 aliphatic carbocycles. The lowest BCUT2D eigenvalue weighted by Crippen LogP contribution is -2.26. The van der Waals surface area contributed by atoms with E-state index in [-0.39, 0.29) is 47.0 Å². The molecule has 1 aromatic carbocycles. The van der Waals surface area contributed by atoms with Crippen molar-refractivity contribution < 1.29 is 22.8 Å². The van der Waals surface area contributed by atoms with Gasteiger partial charge in [0, 0.05) is 30.3 Å². The number of rotatable bonds is 3. The van der Waals surface area contributed by atoms with Gasteiger partial charge in [-0.2, -0.15) is 18.3 Å². The molecule has 2 heterocycles. The van der Waals surface area contributed by atoms with Gasteiger partial charge in [0.05, 0.1) is 17.6 Å². The van der Waals surface area contributed by atoms with Crippen LogP contribution in [0, 0.1) is 0 Å². The summed E-state index contributed by atoms with van der Waals surface area (Å²) in [6, 6.07) is 8.13. The molecular formula is C24H21F3N4O2. The Morgan fingerprint density at radius 2 is 1.88 bits per heavy atom. The Hall–Kier alpha value is -3.49. The van der Waals surface area contributed by atoms with Gasteiger partial charge in [0.1, 0.15) is 5.69 Å². The van der Waals surface area contributed by atoms with Gasteiger partial charge in [-0.1, -0.05) is 6.07 Å². The number of fused-ring (bicyclic) bond motifs is 2. The summed E-state index contributed by atoms with van der Waals surface area (Å²) in [6.07, 6.45) is 0.559. The molecule has 3 aromatic rings. The molecule has 2 aliphatic rings. The lowest BCUT2D eigenvalue weighted by atomic mass is 9.94. The molecule has 2 aromatic heterocycles. The highest BCUT2D eigenvalue weighted by atomic mass is 19.4. The Bertz CT molecular complexity index is 1280. The van der Waals surface area contributed by atoms with Crippen molar-refractivity contribution in [3.8, 4) is 5.69 Å². The molecule has 0 unspecified atom stereocenters. The molecule has 0 saturated carbocycles. The van der Waals surface area contributed by atoms with Gasteiger partial charge < -0.3 is 4.90 Å². The minimum atomic E-state index is -4.67. The van der Waals surface area contributed by atoms with Crippen molar-refractivity contribution in [1.82, 2.24) is 14.8 Å². The number of Topliss-reactive ketones (excluding diaryl/α,β-unsaturated/α-hetero) is 1. The number of carbonyl (C=O) groups is 2. The van der Waals surface area contributed by atoms with Crippen LogP contribution in [-0.2, 0) is 25.4 Å². The molecular weight excluding hydrogens is 433 g/mol. The van der Waals surface area contributed by atoms with E-state index in [9.17, 15) is 22.8 Å². The number of hydrogen-bond donors (Lipinski definition) is 0. The molecule has 0 atom stereocenters. The Balaban J connectivity index is 1.52. The largest absolute Gasteiger partial charge is 0.435 e. The molecule has 0 radical (unpaired) electrons. The van der Waals surface area contributed by atoms with E-state index >= 15 is 0 Å². The Morgan fingerprint density at radius 1 is 1.09 bits per heavy atom. The van der Waals surface area contributed by atoms with E-state index in [0.29, 0.717) is 12.1 Å². The van der Waals surface area contributed by atoms with Crippen molar-refractivity contribution in [2.45, 2.75) is 44.7 Å². The number of aryl methyl sites for hydroxylation is 2. The average Bonchev–Trinajstić information content (AvgIpc) is 3.43. The Labute approximate surface area is 188 Å². The summed E-state index contributed by atoms with van der Waals surface area (Å²) in [7, 11) is 1.63. The van der Waals surface area contributed by atoms with Crippen LogP contribution in [-0.4, -0.2) is 33.5 Å². The normalized spacial score (nSPS) is 15.3. The van der Waals surface area contributed by atoms with Crippen molar-refractivity contribution in [3.05, 3.63) is 70.3 Å². The number of carbonyl (C=O) groups excluding carboxylic acids is 2. The molecule has 5 rings (SSSR count). The van der Waals surface area contributed by atoms with Gasteiger partial charge in [-0.05, 0) is 61.9 Å². The molecule has 0 aliphatic heterocycles. The Morgan fingerprint density at radius 3 is 2.67 bits per heavy atom. The van der Waals surface area contributed by atoms with Gasteiger partial charge in [0.2, 0.25) is 0 Å². The zero-order chi connectivity index (χ0) is 23.3. The lowest BCUT2D eigenvalue weighted by Gasteiger charge is -2.19. The Kier molecular flexibility index (Phi) is 5.07. The number of ketones is 1. The van der Waals surface area contributed by atoms with Crippen LogP contribution in [0.3, 0.4) is 0 Å². The summed E-state index contributed by atoms with van der Waals surface area (Å²) < 4.78 is 41.8. The molecule has 33 heavy (non-hydrogen) atoms. The maximum Gasteiger partial charge on any atom is 0.435 e. The van der Waals surface area contributed by atoms with Gasteiger partial charge in [-0.3, -0.25) is 14.6 Å². The van der Waals surface area contributed by atoms with E-state index in [1.165, 1.54) is 11.0 Å². The van der Waals surface area contributed by atoms with Crippen molar-refractivity contribution in [2.75, 3.05) is 11.9 Å². The van der Waals surface area contributed by atoms with Gasteiger partial charge in [0.15, 0.2) is 11.5 Å². The summed E-state index contributed by atoms with van der Waals surface area (Å²) in [5.41, 5.74) is 2.18. The second kappa shape index (κ2) is 7.83. The van der Waals surface area contributed by atoms with Crippen LogP contribution in [0.4, 0.5) is 18.9 Å². The molecule has 0 N–H and O–H groups in total. The third kappa shape index (κ3) is 3.71. The van der Waals surface area contributed by atoms with E-state index in [2.05, 4.69) is 10.1 Å². The zero-order valence-corrected chi connectivity index (χ0v) is 17.9. The lowest BCUT2D eigenvalue weighted by molar-refractivity contribution is -0.142. The summed E-state index contributed by atoms with van der Waals surface area (Å²) in [5, 5.41) is 3.76. The maximum atomic E-state index is 13.6. The number of alkyl halides is 3. The zero-order valence-electron chi connectivity index (χ0n) is 17.9. The van der Waals surface area contributed by atoms with Crippen LogP contribution < -0.4 is 4.90 Å². The molecule has 170 valence electrons. The van der Waals surface area contributed by atoms with Crippen molar-refractivity contribution in [1.29, 1.82) is 0 Å². The summed E-state index contributed by atoms with van der Waals surface area (Å²) >= 11 is 0. The second-order valence-corrected chi connectivity index (χ2v) is 8.43. The van der Waals surface area contributed by atoms with Crippen LogP contribution in [0.1, 0.15) is 62.6 Å². The molecule has 1 amide bonds. The second-order valence-electron chi connectivity index (χ2n) is 8.43. The summed E-state index contributed by atoms with van der Waals surface area (Å²) in [4.78, 5) is 31.6. The van der Waals surface area contributed by atoms with Crippen molar-refractivity contribution in [3.63, 3.8) is 0 Å². The number of benzene rings is 1. The number of amides is 1. The van der Waals surface area contributed by atoms with E-state index in [0.717, 1.165) is 35.2 Å². The maximum absolute atomic E-state index is 13.6. The number of pyridine rings is 1. The van der Waals surface area contributed by atoms with Crippen molar-refractivity contribution in [2.24, 2.45) is 0 Å². The number of hydrogen-bond acceptors (Lipinski definition) is 4. The standard InChI is InChI=1S/C24H21F3N4O2/c1-30(17-11-14-5-3-9-19(14)28-13-17)23(33)15-6-2-7-16(12-15)31-21-18(8-4-10-20(21)32)22(29-31)24(25,26)27/h2,6-7,11-13H,3-5,8-10H2,1H3. The molecule has 0 fully saturated rings. The van der Waals surface area contributed by atoms with E-state index in [1.54, 1.807) is 31.4 Å². The van der Waals surface area contributed by atoms with E-state index in [4.69, 9.17) is 0 Å². The van der Waals surface area contributed by atoms with Gasteiger partial charge in [-0.25, -0.2) is 4.68 Å². The third-order valence-corrected chi connectivity index (χ3v) is 6.28. The van der Waals surface area contributed by atoms with Crippen LogP contribution in [0.5, 0.6) is 0 Å². The highest BCUT2D eigenvalue weighted by Gasteiger charge is 2.41. The quantitative estimate of drug-likeness (QED) is 0.582. The number of nitrogens with zero attached hydrogens (tertiary/aromatic N) is 4. The fraction of sp³-hybridized carbons (Fsp3) is 0.333. The fourth-order valence-corrected chi connectivity index (χ4v) is 4.61. The highest BCUT2D eigenvalue weighted by molar-refractivity contribution is 6.06.